The number of carbonyl (C=O) groups is 2. The SMILES string of the molecule is COP(C)(=O)OCC(C=O)NC=O. The molecule has 0 aromatic heterocycles. The predicted octanol–water partition coefficient (Wildman–Crippen LogP) is -0.214. The van der Waals surface area contributed by atoms with Crippen LogP contribution in [-0.4, -0.2) is 39.1 Å². The molecule has 0 saturated heterocycles. The summed E-state index contributed by atoms with van der Waals surface area (Å²) >= 11 is 0. The van der Waals surface area contributed by atoms with Gasteiger partial charge in [0.15, 0.2) is 0 Å². The van der Waals surface area contributed by atoms with Gasteiger partial charge >= 0.3 is 7.60 Å². The van der Waals surface area contributed by atoms with Gasteiger partial charge in [0.25, 0.3) is 0 Å². The third-order valence-electron chi connectivity index (χ3n) is 1.27. The first-order chi connectivity index (χ1) is 6.05. The van der Waals surface area contributed by atoms with Crippen LogP contribution in [0.1, 0.15) is 0 Å². The normalized spacial score (nSPS) is 17.1. The van der Waals surface area contributed by atoms with Crippen LogP contribution in [0.5, 0.6) is 0 Å². The lowest BCUT2D eigenvalue weighted by Gasteiger charge is -2.13. The third kappa shape index (κ3) is 5.52. The maximum absolute atomic E-state index is 11.1. The van der Waals surface area contributed by atoms with E-state index in [4.69, 9.17) is 4.52 Å². The van der Waals surface area contributed by atoms with Gasteiger partial charge in [-0.2, -0.15) is 0 Å². The van der Waals surface area contributed by atoms with E-state index in [2.05, 4.69) is 9.84 Å². The van der Waals surface area contributed by atoms with Crippen molar-refractivity contribution in [2.45, 2.75) is 6.04 Å². The molecule has 0 aliphatic carbocycles. The zero-order chi connectivity index (χ0) is 10.3. The van der Waals surface area contributed by atoms with Gasteiger partial charge in [0, 0.05) is 13.8 Å². The standard InChI is InChI=1S/C6H12NO5P/c1-11-13(2,10)12-4-6(3-8)7-5-9/h3,5-6H,4H2,1-2H3,(H,7,9). The molecular formula is C6H12NO5P. The average molecular weight is 209 g/mol. The van der Waals surface area contributed by atoms with E-state index in [0.29, 0.717) is 12.7 Å². The summed E-state index contributed by atoms with van der Waals surface area (Å²) in [5, 5.41) is 2.18. The molecule has 7 heteroatoms. The highest BCUT2D eigenvalue weighted by molar-refractivity contribution is 7.52. The van der Waals surface area contributed by atoms with Crippen molar-refractivity contribution in [2.75, 3.05) is 20.4 Å². The number of hydrogen-bond donors (Lipinski definition) is 1. The molecule has 0 rings (SSSR count). The molecule has 6 nitrogen and oxygen atoms in total. The lowest BCUT2D eigenvalue weighted by Crippen LogP contribution is -2.33. The fraction of sp³-hybridized carbons (Fsp3) is 0.667. The molecule has 0 fully saturated rings. The molecule has 1 amide bonds. The number of aldehydes is 1. The van der Waals surface area contributed by atoms with Gasteiger partial charge in [-0.15, -0.1) is 0 Å². The maximum atomic E-state index is 11.1. The Kier molecular flexibility index (Phi) is 5.53. The molecule has 0 aliphatic rings. The van der Waals surface area contributed by atoms with Crippen molar-refractivity contribution < 1.29 is 23.2 Å². The Labute approximate surface area is 76.1 Å². The molecule has 0 heterocycles. The van der Waals surface area contributed by atoms with Crippen molar-refractivity contribution >= 4 is 20.3 Å². The molecule has 0 bridgehead atoms. The Morgan fingerprint density at radius 3 is 2.54 bits per heavy atom. The van der Waals surface area contributed by atoms with E-state index in [-0.39, 0.29) is 6.61 Å². The van der Waals surface area contributed by atoms with Gasteiger partial charge in [-0.1, -0.05) is 0 Å². The molecule has 0 radical (unpaired) electrons. The van der Waals surface area contributed by atoms with E-state index in [0.717, 1.165) is 0 Å². The highest BCUT2D eigenvalue weighted by Crippen LogP contribution is 2.42. The van der Waals surface area contributed by atoms with Crippen molar-refractivity contribution in [1.82, 2.24) is 5.32 Å². The second-order valence-electron chi connectivity index (χ2n) is 2.28. The fourth-order valence-electron chi connectivity index (χ4n) is 0.482. The van der Waals surface area contributed by atoms with Crippen LogP contribution in [0.4, 0.5) is 0 Å². The molecular weight excluding hydrogens is 197 g/mol. The molecule has 2 atom stereocenters. The zero-order valence-electron chi connectivity index (χ0n) is 7.43. The lowest BCUT2D eigenvalue weighted by atomic mass is 10.4. The Morgan fingerprint density at radius 2 is 2.15 bits per heavy atom. The van der Waals surface area contributed by atoms with Gasteiger partial charge < -0.3 is 19.2 Å². The van der Waals surface area contributed by atoms with Crippen LogP contribution in [0, 0.1) is 0 Å². The van der Waals surface area contributed by atoms with Crippen molar-refractivity contribution in [3.05, 3.63) is 0 Å². The summed E-state index contributed by atoms with van der Waals surface area (Å²) in [6, 6.07) is -0.791. The van der Waals surface area contributed by atoms with Gasteiger partial charge in [0.2, 0.25) is 6.41 Å². The molecule has 76 valence electrons. The molecule has 0 saturated carbocycles. The van der Waals surface area contributed by atoms with Crippen molar-refractivity contribution in [3.8, 4) is 0 Å². The van der Waals surface area contributed by atoms with Crippen LogP contribution >= 0.6 is 7.60 Å². The fourth-order valence-corrected chi connectivity index (χ4v) is 1.02. The highest BCUT2D eigenvalue weighted by Gasteiger charge is 2.17. The number of carbonyl (C=O) groups excluding carboxylic acids is 2. The monoisotopic (exact) mass is 209 g/mol. The number of amides is 1. The van der Waals surface area contributed by atoms with E-state index in [9.17, 15) is 14.2 Å². The minimum atomic E-state index is -3.08. The van der Waals surface area contributed by atoms with E-state index >= 15 is 0 Å². The highest BCUT2D eigenvalue weighted by atomic mass is 31.2. The number of nitrogens with one attached hydrogen (secondary N) is 1. The quantitative estimate of drug-likeness (QED) is 0.463. The van der Waals surface area contributed by atoms with Crippen LogP contribution in [0.3, 0.4) is 0 Å². The molecule has 2 unspecified atom stereocenters. The first kappa shape index (κ1) is 12.3. The van der Waals surface area contributed by atoms with Gasteiger partial charge in [0.1, 0.15) is 12.3 Å². The average Bonchev–Trinajstić information content (AvgIpc) is 2.12. The van der Waals surface area contributed by atoms with Crippen molar-refractivity contribution in [1.29, 1.82) is 0 Å². The van der Waals surface area contributed by atoms with Crippen molar-refractivity contribution in [3.63, 3.8) is 0 Å². The Bertz CT molecular complexity index is 219. The molecule has 0 aromatic carbocycles. The summed E-state index contributed by atoms with van der Waals surface area (Å²) in [4.78, 5) is 20.2. The van der Waals surface area contributed by atoms with Gasteiger partial charge in [-0.25, -0.2) is 0 Å². The second kappa shape index (κ2) is 5.85. The van der Waals surface area contributed by atoms with E-state index in [1.807, 2.05) is 0 Å². The van der Waals surface area contributed by atoms with Crippen molar-refractivity contribution in [2.24, 2.45) is 0 Å². The Morgan fingerprint density at radius 1 is 1.54 bits per heavy atom. The van der Waals surface area contributed by atoms with E-state index < -0.39 is 13.6 Å². The topological polar surface area (TPSA) is 81.7 Å². The summed E-state index contributed by atoms with van der Waals surface area (Å²) in [6.45, 7) is 1.11. The molecule has 0 aromatic rings. The Hall–Kier alpha value is -0.710. The predicted molar refractivity (Wildman–Crippen MR) is 45.5 cm³/mol. The van der Waals surface area contributed by atoms with Crippen LogP contribution in [0.2, 0.25) is 0 Å². The van der Waals surface area contributed by atoms with Crippen LogP contribution in [0.15, 0.2) is 0 Å². The summed E-state index contributed by atoms with van der Waals surface area (Å²) in [7, 11) is -1.84. The third-order valence-corrected chi connectivity index (χ3v) is 2.55. The zero-order valence-corrected chi connectivity index (χ0v) is 8.32. The first-order valence-corrected chi connectivity index (χ1v) is 5.47. The molecule has 0 aliphatic heterocycles. The van der Waals surface area contributed by atoms with Crippen LogP contribution in [0.25, 0.3) is 0 Å². The molecule has 0 spiro atoms. The van der Waals surface area contributed by atoms with Crippen LogP contribution < -0.4 is 5.32 Å². The number of rotatable bonds is 7. The Balaban J connectivity index is 3.90. The molecule has 1 N–H and O–H groups in total. The number of hydrogen-bond acceptors (Lipinski definition) is 5. The smallest absolute Gasteiger partial charge is 0.327 e. The van der Waals surface area contributed by atoms with E-state index in [1.165, 1.54) is 13.8 Å². The minimum Gasteiger partial charge on any atom is -0.347 e. The van der Waals surface area contributed by atoms with Gasteiger partial charge in [0.05, 0.1) is 6.61 Å². The van der Waals surface area contributed by atoms with Crippen LogP contribution in [-0.2, 0) is 23.2 Å². The summed E-state index contributed by atoms with van der Waals surface area (Å²) in [6.07, 6.45) is 0.861. The summed E-state index contributed by atoms with van der Waals surface area (Å²) in [5.74, 6) is 0. The van der Waals surface area contributed by atoms with Gasteiger partial charge in [-0.3, -0.25) is 9.36 Å². The van der Waals surface area contributed by atoms with E-state index in [1.54, 1.807) is 0 Å². The maximum Gasteiger partial charge on any atom is 0.327 e. The molecule has 13 heavy (non-hydrogen) atoms. The summed E-state index contributed by atoms with van der Waals surface area (Å²) < 4.78 is 20.4. The first-order valence-electron chi connectivity index (χ1n) is 3.48. The summed E-state index contributed by atoms with van der Waals surface area (Å²) in [5.41, 5.74) is 0. The lowest BCUT2D eigenvalue weighted by molar-refractivity contribution is -0.116. The van der Waals surface area contributed by atoms with Gasteiger partial charge in [-0.05, 0) is 0 Å². The largest absolute Gasteiger partial charge is 0.347 e. The minimum absolute atomic E-state index is 0.163. The second-order valence-corrected chi connectivity index (χ2v) is 4.44.